The Hall–Kier alpha value is -0.830. The second-order valence-corrected chi connectivity index (χ2v) is 5.44. The van der Waals surface area contributed by atoms with Gasteiger partial charge in [0.2, 0.25) is 0 Å². The number of nitrogens with one attached hydrogen (secondary N) is 1. The highest BCUT2D eigenvalue weighted by Crippen LogP contribution is 2.22. The number of aliphatic imine (C=N–C) groups is 1. The summed E-state index contributed by atoms with van der Waals surface area (Å²) in [5.41, 5.74) is 1.17. The Labute approximate surface area is 112 Å². The Bertz CT molecular complexity index is 288. The van der Waals surface area contributed by atoms with E-state index in [0.29, 0.717) is 12.1 Å². The summed E-state index contributed by atoms with van der Waals surface area (Å²) in [6.45, 7) is 14.7. The van der Waals surface area contributed by atoms with Gasteiger partial charge in [0, 0.05) is 17.8 Å². The second-order valence-electron chi connectivity index (χ2n) is 5.44. The molecule has 0 aliphatic carbocycles. The average molecular weight is 251 g/mol. The maximum Gasteiger partial charge on any atom is 0.118 e. The molecule has 104 valence electrons. The van der Waals surface area contributed by atoms with Crippen molar-refractivity contribution >= 4 is 5.84 Å². The molecule has 0 spiro atoms. The molecular formula is C15H29N3. The van der Waals surface area contributed by atoms with Crippen LogP contribution >= 0.6 is 0 Å². The Balaban J connectivity index is 2.68. The fourth-order valence-corrected chi connectivity index (χ4v) is 2.49. The first-order valence-corrected chi connectivity index (χ1v) is 7.33. The van der Waals surface area contributed by atoms with E-state index in [0.717, 1.165) is 13.1 Å². The van der Waals surface area contributed by atoms with Crippen LogP contribution in [0.2, 0.25) is 0 Å². The van der Waals surface area contributed by atoms with Gasteiger partial charge in [-0.05, 0) is 12.8 Å². The molecule has 0 aromatic heterocycles. The predicted molar refractivity (Wildman–Crippen MR) is 80.0 cm³/mol. The van der Waals surface area contributed by atoms with Crippen molar-refractivity contribution in [2.24, 2.45) is 4.99 Å². The molecule has 0 bridgehead atoms. The first kappa shape index (κ1) is 15.2. The van der Waals surface area contributed by atoms with Crippen molar-refractivity contribution in [1.82, 2.24) is 10.2 Å². The van der Waals surface area contributed by atoms with Gasteiger partial charge in [0.25, 0.3) is 0 Å². The standard InChI is InChI=1S/C15H29N3/c1-6-8-14(9-7-2)18-13(5)10-17-15(18)11-16-12(3)4/h12,14,16H,5-11H2,1-4H3. The second kappa shape index (κ2) is 7.57. The van der Waals surface area contributed by atoms with Crippen molar-refractivity contribution in [1.29, 1.82) is 0 Å². The highest BCUT2D eigenvalue weighted by molar-refractivity contribution is 5.88. The summed E-state index contributed by atoms with van der Waals surface area (Å²) in [5.74, 6) is 1.18. The van der Waals surface area contributed by atoms with Gasteiger partial charge in [-0.1, -0.05) is 47.1 Å². The molecule has 0 fully saturated rings. The minimum absolute atomic E-state index is 0.499. The highest BCUT2D eigenvalue weighted by Gasteiger charge is 2.26. The maximum absolute atomic E-state index is 4.64. The molecule has 0 saturated heterocycles. The summed E-state index contributed by atoms with van der Waals surface area (Å²) in [7, 11) is 0. The fourth-order valence-electron chi connectivity index (χ4n) is 2.49. The monoisotopic (exact) mass is 251 g/mol. The van der Waals surface area contributed by atoms with Crippen LogP contribution in [-0.2, 0) is 0 Å². The molecule has 1 N–H and O–H groups in total. The van der Waals surface area contributed by atoms with Crippen LogP contribution in [0.15, 0.2) is 17.3 Å². The summed E-state index contributed by atoms with van der Waals surface area (Å²) in [6, 6.07) is 1.09. The van der Waals surface area contributed by atoms with E-state index >= 15 is 0 Å². The lowest BCUT2D eigenvalue weighted by molar-refractivity contribution is 0.332. The van der Waals surface area contributed by atoms with Crippen LogP contribution in [0.25, 0.3) is 0 Å². The molecule has 0 atom stereocenters. The van der Waals surface area contributed by atoms with Gasteiger partial charge in [-0.25, -0.2) is 0 Å². The molecule has 1 heterocycles. The molecule has 1 rings (SSSR count). The topological polar surface area (TPSA) is 27.6 Å². The maximum atomic E-state index is 4.64. The van der Waals surface area contributed by atoms with Gasteiger partial charge in [-0.3, -0.25) is 4.99 Å². The van der Waals surface area contributed by atoms with Crippen LogP contribution in [0.1, 0.15) is 53.4 Å². The smallest absolute Gasteiger partial charge is 0.118 e. The summed E-state index contributed by atoms with van der Waals surface area (Å²) in [6.07, 6.45) is 4.90. The molecule has 18 heavy (non-hydrogen) atoms. The summed E-state index contributed by atoms with van der Waals surface area (Å²) in [4.78, 5) is 7.03. The third-order valence-corrected chi connectivity index (χ3v) is 3.34. The Morgan fingerprint density at radius 1 is 1.28 bits per heavy atom. The molecule has 3 nitrogen and oxygen atoms in total. The molecule has 0 amide bonds. The van der Waals surface area contributed by atoms with Gasteiger partial charge >= 0.3 is 0 Å². The van der Waals surface area contributed by atoms with Gasteiger partial charge in [0.15, 0.2) is 0 Å². The van der Waals surface area contributed by atoms with Gasteiger partial charge < -0.3 is 10.2 Å². The van der Waals surface area contributed by atoms with Crippen molar-refractivity contribution in [2.75, 3.05) is 13.1 Å². The lowest BCUT2D eigenvalue weighted by Crippen LogP contribution is -2.42. The van der Waals surface area contributed by atoms with E-state index in [1.807, 2.05) is 0 Å². The third kappa shape index (κ3) is 4.13. The largest absolute Gasteiger partial charge is 0.328 e. The van der Waals surface area contributed by atoms with Crippen LogP contribution in [0, 0.1) is 0 Å². The number of hydrogen-bond donors (Lipinski definition) is 1. The summed E-state index contributed by atoms with van der Waals surface area (Å²) < 4.78 is 0. The van der Waals surface area contributed by atoms with Crippen LogP contribution < -0.4 is 5.32 Å². The molecule has 0 aromatic rings. The third-order valence-electron chi connectivity index (χ3n) is 3.34. The zero-order valence-corrected chi connectivity index (χ0v) is 12.5. The van der Waals surface area contributed by atoms with Crippen molar-refractivity contribution in [3.63, 3.8) is 0 Å². The van der Waals surface area contributed by atoms with Crippen molar-refractivity contribution < 1.29 is 0 Å². The number of hydrogen-bond acceptors (Lipinski definition) is 3. The number of amidine groups is 1. The Morgan fingerprint density at radius 3 is 2.39 bits per heavy atom. The number of rotatable bonds is 8. The van der Waals surface area contributed by atoms with Crippen molar-refractivity contribution in [3.05, 3.63) is 12.3 Å². The molecule has 0 saturated carbocycles. The zero-order chi connectivity index (χ0) is 13.5. The molecule has 3 heteroatoms. The van der Waals surface area contributed by atoms with Crippen LogP contribution in [0.4, 0.5) is 0 Å². The minimum Gasteiger partial charge on any atom is -0.328 e. The molecule has 1 aliphatic heterocycles. The minimum atomic E-state index is 0.499. The van der Waals surface area contributed by atoms with E-state index in [4.69, 9.17) is 0 Å². The van der Waals surface area contributed by atoms with Gasteiger partial charge in [-0.15, -0.1) is 0 Å². The summed E-state index contributed by atoms with van der Waals surface area (Å²) in [5, 5.41) is 3.46. The normalized spacial score (nSPS) is 16.0. The SMILES string of the molecule is C=C1CN=C(CNC(C)C)N1C(CCC)CCC. The van der Waals surface area contributed by atoms with Crippen LogP contribution in [0.5, 0.6) is 0 Å². The molecule has 0 unspecified atom stereocenters. The zero-order valence-electron chi connectivity index (χ0n) is 12.5. The molecule has 0 aromatic carbocycles. The van der Waals surface area contributed by atoms with Gasteiger partial charge in [-0.2, -0.15) is 0 Å². The fraction of sp³-hybridized carbons (Fsp3) is 0.800. The molecule has 1 aliphatic rings. The lowest BCUT2D eigenvalue weighted by atomic mass is 10.0. The van der Waals surface area contributed by atoms with E-state index in [9.17, 15) is 0 Å². The van der Waals surface area contributed by atoms with E-state index < -0.39 is 0 Å². The Kier molecular flexibility index (Phi) is 6.41. The quantitative estimate of drug-likeness (QED) is 0.717. The van der Waals surface area contributed by atoms with E-state index in [2.05, 4.69) is 49.5 Å². The van der Waals surface area contributed by atoms with Gasteiger partial charge in [0.05, 0.1) is 13.1 Å². The first-order chi connectivity index (χ1) is 8.60. The Morgan fingerprint density at radius 2 is 1.89 bits per heavy atom. The van der Waals surface area contributed by atoms with Gasteiger partial charge in [0.1, 0.15) is 5.84 Å². The number of nitrogens with zero attached hydrogens (tertiary/aromatic N) is 2. The molecular weight excluding hydrogens is 222 g/mol. The molecule has 0 radical (unpaired) electrons. The highest BCUT2D eigenvalue weighted by atomic mass is 15.3. The lowest BCUT2D eigenvalue weighted by Gasteiger charge is -2.32. The van der Waals surface area contributed by atoms with E-state index in [1.165, 1.54) is 37.2 Å². The van der Waals surface area contributed by atoms with Crippen molar-refractivity contribution in [3.8, 4) is 0 Å². The van der Waals surface area contributed by atoms with Crippen molar-refractivity contribution in [2.45, 2.75) is 65.5 Å². The first-order valence-electron chi connectivity index (χ1n) is 7.33. The van der Waals surface area contributed by atoms with Crippen LogP contribution in [-0.4, -0.2) is 35.9 Å². The average Bonchev–Trinajstić information content (AvgIpc) is 2.67. The van der Waals surface area contributed by atoms with E-state index in [1.54, 1.807) is 0 Å². The summed E-state index contributed by atoms with van der Waals surface area (Å²) >= 11 is 0. The van der Waals surface area contributed by atoms with E-state index in [-0.39, 0.29) is 0 Å². The van der Waals surface area contributed by atoms with Crippen LogP contribution in [0.3, 0.4) is 0 Å². The predicted octanol–water partition coefficient (Wildman–Crippen LogP) is 3.18.